The lowest BCUT2D eigenvalue weighted by Crippen LogP contribution is -2.30. The minimum atomic E-state index is -0.531. The fraction of sp³-hybridized carbons (Fsp3) is 0.375. The Morgan fingerprint density at radius 2 is 1.69 bits per heavy atom. The number of hydrogen-bond donors (Lipinski definition) is 0. The Labute approximate surface area is 171 Å². The molecule has 1 aliphatic rings. The first-order chi connectivity index (χ1) is 13.9. The van der Waals surface area contributed by atoms with Crippen LogP contribution in [0.5, 0.6) is 0 Å². The highest BCUT2D eigenvalue weighted by Crippen LogP contribution is 2.23. The van der Waals surface area contributed by atoms with Gasteiger partial charge in [-0.1, -0.05) is 42.0 Å². The Kier molecular flexibility index (Phi) is 6.81. The Morgan fingerprint density at radius 3 is 2.45 bits per heavy atom. The van der Waals surface area contributed by atoms with Gasteiger partial charge in [-0.15, -0.1) is 0 Å². The van der Waals surface area contributed by atoms with Crippen LogP contribution in [-0.4, -0.2) is 36.2 Å². The number of hydrogen-bond acceptors (Lipinski definition) is 4. The summed E-state index contributed by atoms with van der Waals surface area (Å²) in [5, 5.41) is 0. The molecular weight excluding hydrogens is 366 g/mol. The first-order valence-corrected chi connectivity index (χ1v) is 10.0. The van der Waals surface area contributed by atoms with E-state index in [0.717, 1.165) is 30.4 Å². The van der Waals surface area contributed by atoms with Gasteiger partial charge in [0.2, 0.25) is 0 Å². The molecule has 0 saturated heterocycles. The molecule has 2 aromatic carbocycles. The van der Waals surface area contributed by atoms with E-state index in [9.17, 15) is 14.4 Å². The van der Waals surface area contributed by atoms with Gasteiger partial charge in [0.25, 0.3) is 5.91 Å². The Balaban J connectivity index is 1.40. The molecule has 0 spiro atoms. The summed E-state index contributed by atoms with van der Waals surface area (Å²) in [4.78, 5) is 38.0. The minimum Gasteiger partial charge on any atom is -0.456 e. The molecule has 3 rings (SSSR count). The van der Waals surface area contributed by atoms with Gasteiger partial charge < -0.3 is 9.64 Å². The van der Waals surface area contributed by atoms with Crippen LogP contribution in [0.4, 0.5) is 0 Å². The van der Waals surface area contributed by atoms with Gasteiger partial charge in [0, 0.05) is 25.6 Å². The fourth-order valence-corrected chi connectivity index (χ4v) is 3.49. The molecule has 0 aromatic heterocycles. The maximum absolute atomic E-state index is 12.3. The Bertz CT molecular complexity index is 902. The molecule has 1 amide bonds. The van der Waals surface area contributed by atoms with Gasteiger partial charge in [-0.25, -0.2) is 0 Å². The van der Waals surface area contributed by atoms with Gasteiger partial charge in [0.1, 0.15) is 0 Å². The number of carbonyl (C=O) groups is 3. The number of fused-ring (bicyclic) bond motifs is 1. The number of ether oxygens (including phenoxy) is 1. The molecule has 1 aliphatic carbocycles. The van der Waals surface area contributed by atoms with Crippen molar-refractivity contribution in [3.05, 3.63) is 70.3 Å². The standard InChI is InChI=1S/C24H27NO4/c1-17-6-8-18(9-7-17)15-25(2)23(27)16-29-24(28)13-12-22(26)21-11-10-19-4-3-5-20(19)14-21/h6-11,14H,3-5,12-13,15-16H2,1-2H3. The van der Waals surface area contributed by atoms with E-state index >= 15 is 0 Å². The number of aryl methyl sites for hydroxylation is 3. The molecule has 0 bridgehead atoms. The maximum Gasteiger partial charge on any atom is 0.306 e. The molecule has 152 valence electrons. The summed E-state index contributed by atoms with van der Waals surface area (Å²) >= 11 is 0. The van der Waals surface area contributed by atoms with Crippen LogP contribution in [0, 0.1) is 6.92 Å². The van der Waals surface area contributed by atoms with Crippen LogP contribution in [0.3, 0.4) is 0 Å². The van der Waals surface area contributed by atoms with Crippen LogP contribution < -0.4 is 0 Å². The van der Waals surface area contributed by atoms with Crippen molar-refractivity contribution in [2.45, 2.75) is 45.6 Å². The van der Waals surface area contributed by atoms with Crippen LogP contribution in [0.25, 0.3) is 0 Å². The lowest BCUT2D eigenvalue weighted by Gasteiger charge is -2.17. The highest BCUT2D eigenvalue weighted by Gasteiger charge is 2.16. The molecule has 0 fully saturated rings. The summed E-state index contributed by atoms with van der Waals surface area (Å²) in [5.41, 5.74) is 5.37. The van der Waals surface area contributed by atoms with Gasteiger partial charge in [-0.3, -0.25) is 14.4 Å². The van der Waals surface area contributed by atoms with Gasteiger partial charge in [0.05, 0.1) is 6.42 Å². The number of Topliss-reactive ketones (excluding diaryl/α,β-unsaturated/α-hetero) is 1. The smallest absolute Gasteiger partial charge is 0.306 e. The van der Waals surface area contributed by atoms with Crippen molar-refractivity contribution in [2.24, 2.45) is 0 Å². The van der Waals surface area contributed by atoms with Crippen molar-refractivity contribution in [3.8, 4) is 0 Å². The highest BCUT2D eigenvalue weighted by molar-refractivity contribution is 5.98. The largest absolute Gasteiger partial charge is 0.456 e. The van der Waals surface area contributed by atoms with E-state index in [1.165, 1.54) is 16.0 Å². The van der Waals surface area contributed by atoms with Crippen molar-refractivity contribution in [3.63, 3.8) is 0 Å². The first kappa shape index (κ1) is 20.8. The summed E-state index contributed by atoms with van der Waals surface area (Å²) in [6.07, 6.45) is 3.28. The molecule has 5 nitrogen and oxygen atoms in total. The molecular formula is C24H27NO4. The quantitative estimate of drug-likeness (QED) is 0.507. The molecule has 0 heterocycles. The second-order valence-corrected chi connectivity index (χ2v) is 7.66. The highest BCUT2D eigenvalue weighted by atomic mass is 16.5. The summed E-state index contributed by atoms with van der Waals surface area (Å²) in [6, 6.07) is 13.7. The Hall–Kier alpha value is -2.95. The number of esters is 1. The second kappa shape index (κ2) is 9.50. The average Bonchev–Trinajstić information content (AvgIpc) is 3.19. The summed E-state index contributed by atoms with van der Waals surface area (Å²) in [7, 11) is 1.67. The predicted octanol–water partition coefficient (Wildman–Crippen LogP) is 3.65. The number of carbonyl (C=O) groups excluding carboxylic acids is 3. The van der Waals surface area contributed by atoms with Crippen molar-refractivity contribution >= 4 is 17.7 Å². The number of ketones is 1. The SMILES string of the molecule is Cc1ccc(CN(C)C(=O)COC(=O)CCC(=O)c2ccc3c(c2)CCC3)cc1. The van der Waals surface area contributed by atoms with E-state index in [2.05, 4.69) is 0 Å². The number of benzene rings is 2. The molecule has 0 aliphatic heterocycles. The third-order valence-corrected chi connectivity index (χ3v) is 5.30. The number of nitrogens with zero attached hydrogens (tertiary/aromatic N) is 1. The van der Waals surface area contributed by atoms with Crippen molar-refractivity contribution in [1.29, 1.82) is 0 Å². The van der Waals surface area contributed by atoms with E-state index in [4.69, 9.17) is 4.74 Å². The molecule has 0 unspecified atom stereocenters. The van der Waals surface area contributed by atoms with Crippen molar-refractivity contribution in [1.82, 2.24) is 4.90 Å². The van der Waals surface area contributed by atoms with E-state index in [1.54, 1.807) is 7.05 Å². The van der Waals surface area contributed by atoms with Crippen LogP contribution in [-0.2, 0) is 33.7 Å². The van der Waals surface area contributed by atoms with Gasteiger partial charge in [-0.05, 0) is 48.9 Å². The van der Waals surface area contributed by atoms with E-state index < -0.39 is 5.97 Å². The first-order valence-electron chi connectivity index (χ1n) is 10.0. The van der Waals surface area contributed by atoms with Crippen LogP contribution in [0.1, 0.15) is 51.9 Å². The third kappa shape index (κ3) is 5.76. The third-order valence-electron chi connectivity index (χ3n) is 5.30. The zero-order valence-electron chi connectivity index (χ0n) is 17.1. The molecule has 5 heteroatoms. The Morgan fingerprint density at radius 1 is 0.966 bits per heavy atom. The average molecular weight is 393 g/mol. The van der Waals surface area contributed by atoms with Crippen molar-refractivity contribution < 1.29 is 19.1 Å². The van der Waals surface area contributed by atoms with E-state index in [0.29, 0.717) is 12.1 Å². The molecule has 0 radical (unpaired) electrons. The summed E-state index contributed by atoms with van der Waals surface area (Å²) in [6.45, 7) is 2.15. The van der Waals surface area contributed by atoms with Crippen LogP contribution in [0.2, 0.25) is 0 Å². The van der Waals surface area contributed by atoms with E-state index in [1.807, 2.05) is 49.4 Å². The number of amides is 1. The van der Waals surface area contributed by atoms with Gasteiger partial charge >= 0.3 is 5.97 Å². The van der Waals surface area contributed by atoms with Crippen LogP contribution >= 0.6 is 0 Å². The zero-order valence-corrected chi connectivity index (χ0v) is 17.1. The lowest BCUT2D eigenvalue weighted by atomic mass is 10.0. The normalized spacial score (nSPS) is 12.3. The molecule has 2 aromatic rings. The molecule has 0 saturated carbocycles. The molecule has 29 heavy (non-hydrogen) atoms. The number of likely N-dealkylation sites (N-methyl/N-ethyl adjacent to an activating group) is 1. The minimum absolute atomic E-state index is 0.0229. The predicted molar refractivity (Wildman–Crippen MR) is 111 cm³/mol. The second-order valence-electron chi connectivity index (χ2n) is 7.66. The van der Waals surface area contributed by atoms with Gasteiger partial charge in [-0.2, -0.15) is 0 Å². The summed E-state index contributed by atoms with van der Waals surface area (Å²) in [5.74, 6) is -0.875. The topological polar surface area (TPSA) is 63.7 Å². The lowest BCUT2D eigenvalue weighted by molar-refractivity contribution is -0.151. The molecule has 0 atom stereocenters. The fourth-order valence-electron chi connectivity index (χ4n) is 3.49. The maximum atomic E-state index is 12.3. The molecule has 0 N–H and O–H groups in total. The van der Waals surface area contributed by atoms with Gasteiger partial charge in [0.15, 0.2) is 12.4 Å². The van der Waals surface area contributed by atoms with Crippen LogP contribution in [0.15, 0.2) is 42.5 Å². The summed E-state index contributed by atoms with van der Waals surface area (Å²) < 4.78 is 5.06. The number of rotatable bonds is 8. The van der Waals surface area contributed by atoms with Crippen molar-refractivity contribution in [2.75, 3.05) is 13.7 Å². The zero-order chi connectivity index (χ0) is 20.8. The monoisotopic (exact) mass is 393 g/mol. The van der Waals surface area contributed by atoms with E-state index in [-0.39, 0.29) is 31.1 Å².